The SMILES string of the molecule is CC(C)(CCCCCCc1c(O)cc(O)c(O)c1CCCCCCC(C)(C)C(=O)O)C(=O)O. The molecule has 0 bridgehead atoms. The third kappa shape index (κ3) is 9.14. The Morgan fingerprint density at radius 1 is 0.636 bits per heavy atom. The van der Waals surface area contributed by atoms with Crippen molar-refractivity contribution in [1.29, 1.82) is 0 Å². The van der Waals surface area contributed by atoms with Gasteiger partial charge in [0, 0.05) is 17.2 Å². The highest BCUT2D eigenvalue weighted by atomic mass is 16.4. The van der Waals surface area contributed by atoms with Crippen LogP contribution < -0.4 is 0 Å². The lowest BCUT2D eigenvalue weighted by atomic mass is 9.86. The highest BCUT2D eigenvalue weighted by Gasteiger charge is 2.27. The van der Waals surface area contributed by atoms with Crippen molar-refractivity contribution in [2.45, 2.75) is 105 Å². The fourth-order valence-electron chi connectivity index (χ4n) is 3.94. The maximum absolute atomic E-state index is 11.2. The van der Waals surface area contributed by atoms with E-state index in [4.69, 9.17) is 0 Å². The van der Waals surface area contributed by atoms with Crippen molar-refractivity contribution in [1.82, 2.24) is 0 Å². The summed E-state index contributed by atoms with van der Waals surface area (Å²) in [5, 5.41) is 49.0. The maximum Gasteiger partial charge on any atom is 0.309 e. The van der Waals surface area contributed by atoms with Crippen molar-refractivity contribution in [2.24, 2.45) is 10.8 Å². The highest BCUT2D eigenvalue weighted by molar-refractivity contribution is 5.73. The molecule has 7 nitrogen and oxygen atoms in total. The molecular weight excluding hydrogens is 424 g/mol. The molecule has 5 N–H and O–H groups in total. The van der Waals surface area contributed by atoms with Crippen LogP contribution >= 0.6 is 0 Å². The fourth-order valence-corrected chi connectivity index (χ4v) is 3.94. The van der Waals surface area contributed by atoms with Gasteiger partial charge in [0.15, 0.2) is 11.5 Å². The van der Waals surface area contributed by atoms with E-state index in [2.05, 4.69) is 0 Å². The second kappa shape index (κ2) is 12.7. The first kappa shape index (κ1) is 28.6. The second-order valence-electron chi connectivity index (χ2n) is 10.4. The average Bonchev–Trinajstić information content (AvgIpc) is 2.71. The third-order valence-corrected chi connectivity index (χ3v) is 6.59. The number of aliphatic carboxylic acids is 2. The smallest absolute Gasteiger partial charge is 0.309 e. The normalized spacial score (nSPS) is 12.1. The molecule has 0 spiro atoms. The van der Waals surface area contributed by atoms with Crippen molar-refractivity contribution in [2.75, 3.05) is 0 Å². The first-order valence-corrected chi connectivity index (χ1v) is 12.0. The molecule has 0 aliphatic rings. The topological polar surface area (TPSA) is 135 Å². The summed E-state index contributed by atoms with van der Waals surface area (Å²) >= 11 is 0. The molecule has 1 rings (SSSR count). The molecule has 0 aliphatic heterocycles. The Balaban J connectivity index is 2.55. The first-order valence-electron chi connectivity index (χ1n) is 12.0. The van der Waals surface area contributed by atoms with E-state index < -0.39 is 22.8 Å². The van der Waals surface area contributed by atoms with E-state index in [-0.39, 0.29) is 17.2 Å². The molecule has 1 aromatic rings. The number of hydrogen-bond donors (Lipinski definition) is 5. The number of phenols is 3. The number of rotatable bonds is 16. The third-order valence-electron chi connectivity index (χ3n) is 6.59. The van der Waals surface area contributed by atoms with Crippen LogP contribution in [0.1, 0.15) is 103 Å². The fraction of sp³-hybridized carbons (Fsp3) is 0.692. The Labute approximate surface area is 197 Å². The Bertz CT molecular complexity index is 796. The number of phenolic OH excluding ortho intramolecular Hbond substituents is 3. The number of benzene rings is 1. The largest absolute Gasteiger partial charge is 0.508 e. The number of unbranched alkanes of at least 4 members (excludes halogenated alkanes) is 6. The van der Waals surface area contributed by atoms with Gasteiger partial charge in [0.2, 0.25) is 0 Å². The zero-order valence-electron chi connectivity index (χ0n) is 20.6. The molecular formula is C26H42O7. The van der Waals surface area contributed by atoms with Crippen LogP contribution in [0.2, 0.25) is 0 Å². The Morgan fingerprint density at radius 3 is 1.45 bits per heavy atom. The van der Waals surface area contributed by atoms with Gasteiger partial charge in [0.25, 0.3) is 0 Å². The van der Waals surface area contributed by atoms with Crippen LogP contribution in [-0.2, 0) is 22.4 Å². The van der Waals surface area contributed by atoms with Gasteiger partial charge in [-0.25, -0.2) is 0 Å². The van der Waals surface area contributed by atoms with E-state index in [1.165, 1.54) is 6.07 Å². The standard InChI is InChI=1S/C26H42O7/c1-25(2,23(30)31)15-11-7-5-9-13-18-19(22(29)21(28)17-20(18)27)14-10-6-8-12-16-26(3,4)24(32)33/h17,27-29H,5-16H2,1-4H3,(H,30,31)(H,32,33). The number of hydrogen-bond acceptors (Lipinski definition) is 5. The van der Waals surface area contributed by atoms with E-state index in [9.17, 15) is 35.1 Å². The molecule has 0 saturated heterocycles. The Morgan fingerprint density at radius 2 is 1.03 bits per heavy atom. The van der Waals surface area contributed by atoms with Crippen molar-refractivity contribution < 1.29 is 35.1 Å². The van der Waals surface area contributed by atoms with E-state index in [0.717, 1.165) is 51.4 Å². The van der Waals surface area contributed by atoms with Gasteiger partial charge < -0.3 is 25.5 Å². The van der Waals surface area contributed by atoms with E-state index in [0.29, 0.717) is 36.8 Å². The summed E-state index contributed by atoms with van der Waals surface area (Å²) in [5.74, 6) is -2.11. The molecule has 33 heavy (non-hydrogen) atoms. The summed E-state index contributed by atoms with van der Waals surface area (Å²) in [5.41, 5.74) is -0.225. The first-order chi connectivity index (χ1) is 15.3. The van der Waals surface area contributed by atoms with Gasteiger partial charge in [0.1, 0.15) is 5.75 Å². The summed E-state index contributed by atoms with van der Waals surface area (Å²) in [4.78, 5) is 22.4. The summed E-state index contributed by atoms with van der Waals surface area (Å²) in [6.45, 7) is 6.90. The molecule has 0 atom stereocenters. The summed E-state index contributed by atoms with van der Waals surface area (Å²) < 4.78 is 0. The van der Waals surface area contributed by atoms with Gasteiger partial charge in [-0.2, -0.15) is 0 Å². The molecule has 0 aliphatic carbocycles. The summed E-state index contributed by atoms with van der Waals surface area (Å²) in [6, 6.07) is 1.18. The van der Waals surface area contributed by atoms with Gasteiger partial charge in [0.05, 0.1) is 10.8 Å². The van der Waals surface area contributed by atoms with Crippen molar-refractivity contribution in [3.05, 3.63) is 17.2 Å². The predicted octanol–water partition coefficient (Wildman–Crippen LogP) is 6.01. The zero-order valence-corrected chi connectivity index (χ0v) is 20.6. The molecule has 0 radical (unpaired) electrons. The zero-order chi connectivity index (χ0) is 25.2. The molecule has 7 heteroatoms. The molecule has 0 aromatic heterocycles. The van der Waals surface area contributed by atoms with Crippen LogP contribution in [0.3, 0.4) is 0 Å². The van der Waals surface area contributed by atoms with Gasteiger partial charge in [-0.05, 0) is 66.2 Å². The molecule has 0 fully saturated rings. The molecule has 188 valence electrons. The van der Waals surface area contributed by atoms with Crippen LogP contribution in [0.5, 0.6) is 17.2 Å². The minimum absolute atomic E-state index is 0.0180. The van der Waals surface area contributed by atoms with Crippen LogP contribution in [0.4, 0.5) is 0 Å². The number of carbonyl (C=O) groups is 2. The summed E-state index contributed by atoms with van der Waals surface area (Å²) in [6.07, 6.45) is 9.03. The maximum atomic E-state index is 11.2. The van der Waals surface area contributed by atoms with Crippen LogP contribution in [0, 0.1) is 10.8 Å². The minimum Gasteiger partial charge on any atom is -0.508 e. The lowest BCUT2D eigenvalue weighted by molar-refractivity contribution is -0.148. The lowest BCUT2D eigenvalue weighted by Gasteiger charge is -2.19. The molecule has 0 heterocycles. The minimum atomic E-state index is -0.794. The van der Waals surface area contributed by atoms with Gasteiger partial charge in [-0.1, -0.05) is 38.5 Å². The van der Waals surface area contributed by atoms with Gasteiger partial charge >= 0.3 is 11.9 Å². The van der Waals surface area contributed by atoms with Crippen LogP contribution in [-0.4, -0.2) is 37.5 Å². The van der Waals surface area contributed by atoms with Crippen molar-refractivity contribution in [3.8, 4) is 17.2 Å². The van der Waals surface area contributed by atoms with Crippen molar-refractivity contribution >= 4 is 11.9 Å². The number of carboxylic acid groups (broad SMARTS) is 2. The monoisotopic (exact) mass is 466 g/mol. The average molecular weight is 467 g/mol. The number of carboxylic acids is 2. The summed E-state index contributed by atoms with van der Waals surface area (Å²) in [7, 11) is 0. The molecule has 0 unspecified atom stereocenters. The lowest BCUT2D eigenvalue weighted by Crippen LogP contribution is -2.23. The van der Waals surface area contributed by atoms with E-state index >= 15 is 0 Å². The Kier molecular flexibility index (Phi) is 11.0. The second-order valence-corrected chi connectivity index (χ2v) is 10.4. The van der Waals surface area contributed by atoms with Gasteiger partial charge in [-0.3, -0.25) is 9.59 Å². The molecule has 0 amide bonds. The Hall–Kier alpha value is -2.44. The van der Waals surface area contributed by atoms with Gasteiger partial charge in [-0.15, -0.1) is 0 Å². The van der Waals surface area contributed by atoms with E-state index in [1.54, 1.807) is 27.7 Å². The highest BCUT2D eigenvalue weighted by Crippen LogP contribution is 2.39. The number of aromatic hydroxyl groups is 3. The predicted molar refractivity (Wildman–Crippen MR) is 128 cm³/mol. The van der Waals surface area contributed by atoms with Crippen molar-refractivity contribution in [3.63, 3.8) is 0 Å². The molecule has 1 aromatic carbocycles. The van der Waals surface area contributed by atoms with Crippen LogP contribution in [0.15, 0.2) is 6.07 Å². The van der Waals surface area contributed by atoms with Crippen LogP contribution in [0.25, 0.3) is 0 Å². The van der Waals surface area contributed by atoms with E-state index in [1.807, 2.05) is 0 Å². The quantitative estimate of drug-likeness (QED) is 0.114. The molecule has 0 saturated carbocycles.